The first-order valence-electron chi connectivity index (χ1n) is 7.14. The maximum absolute atomic E-state index is 11.6. The summed E-state index contributed by atoms with van der Waals surface area (Å²) in [6.07, 6.45) is 5.09. The molecule has 2 aliphatic rings. The second-order valence-electron chi connectivity index (χ2n) is 5.75. The summed E-state index contributed by atoms with van der Waals surface area (Å²) >= 11 is 2.03. The lowest BCUT2D eigenvalue weighted by Crippen LogP contribution is -2.42. The Kier molecular flexibility index (Phi) is 3.57. The maximum Gasteiger partial charge on any atom is 0.314 e. The molecular weight excluding hydrogens is 256 g/mol. The Balaban J connectivity index is 1.89. The summed E-state index contributed by atoms with van der Waals surface area (Å²) in [5.74, 6) is 2.46. The predicted molar refractivity (Wildman–Crippen MR) is 78.9 cm³/mol. The van der Waals surface area contributed by atoms with Crippen molar-refractivity contribution >= 4 is 17.7 Å². The highest BCUT2D eigenvalue weighted by atomic mass is 32.2. The molecular formula is C16H20O2S. The number of thioether (sulfide) groups is 1. The Hall–Kier alpha value is -0.960. The van der Waals surface area contributed by atoms with E-state index in [0.717, 1.165) is 24.8 Å². The molecule has 1 saturated heterocycles. The molecule has 3 rings (SSSR count). The van der Waals surface area contributed by atoms with E-state index in [2.05, 4.69) is 18.2 Å². The van der Waals surface area contributed by atoms with Crippen molar-refractivity contribution in [1.82, 2.24) is 0 Å². The summed E-state index contributed by atoms with van der Waals surface area (Å²) in [6.45, 7) is 0. The minimum Gasteiger partial charge on any atom is -0.481 e. The molecule has 0 unspecified atom stereocenters. The van der Waals surface area contributed by atoms with E-state index in [1.54, 1.807) is 0 Å². The molecule has 0 bridgehead atoms. The standard InChI is InChI=1S/C16H20O2S/c17-15(18)16(7-2-8-16)14-4-1-3-13(11-14)12-5-9-19-10-6-12/h1,3-4,11-12H,2,5-10H2,(H,17,18). The zero-order valence-electron chi connectivity index (χ0n) is 11.1. The highest BCUT2D eigenvalue weighted by molar-refractivity contribution is 7.99. The Morgan fingerprint density at radius 1 is 1.26 bits per heavy atom. The third kappa shape index (κ3) is 2.29. The van der Waals surface area contributed by atoms with Crippen LogP contribution in [0.5, 0.6) is 0 Å². The van der Waals surface area contributed by atoms with E-state index in [-0.39, 0.29) is 0 Å². The SMILES string of the molecule is O=C(O)C1(c2cccc(C3CCSCC3)c2)CCC1. The minimum atomic E-state index is -0.643. The Morgan fingerprint density at radius 2 is 2.00 bits per heavy atom. The van der Waals surface area contributed by atoms with Gasteiger partial charge in [0.2, 0.25) is 0 Å². The van der Waals surface area contributed by atoms with Crippen LogP contribution in [0, 0.1) is 0 Å². The highest BCUT2D eigenvalue weighted by Crippen LogP contribution is 2.45. The molecule has 0 atom stereocenters. The molecule has 1 saturated carbocycles. The number of hydrogen-bond donors (Lipinski definition) is 1. The van der Waals surface area contributed by atoms with Crippen molar-refractivity contribution < 1.29 is 9.90 Å². The molecule has 1 aliphatic heterocycles. The summed E-state index contributed by atoms with van der Waals surface area (Å²) < 4.78 is 0. The third-order valence-corrected chi connectivity index (χ3v) is 5.80. The molecule has 1 heterocycles. The fraction of sp³-hybridized carbons (Fsp3) is 0.562. The number of carboxylic acid groups (broad SMARTS) is 1. The van der Waals surface area contributed by atoms with Gasteiger partial charge < -0.3 is 5.11 Å². The monoisotopic (exact) mass is 276 g/mol. The summed E-state index contributed by atoms with van der Waals surface area (Å²) in [6, 6.07) is 8.41. The van der Waals surface area contributed by atoms with Crippen LogP contribution in [0.15, 0.2) is 24.3 Å². The normalized spacial score (nSPS) is 22.7. The van der Waals surface area contributed by atoms with Gasteiger partial charge in [0.25, 0.3) is 0 Å². The fourth-order valence-corrected chi connectivity index (χ4v) is 4.38. The molecule has 0 radical (unpaired) electrons. The van der Waals surface area contributed by atoms with Crippen LogP contribution in [0.2, 0.25) is 0 Å². The van der Waals surface area contributed by atoms with Gasteiger partial charge in [-0.1, -0.05) is 30.7 Å². The minimum absolute atomic E-state index is 0.584. The van der Waals surface area contributed by atoms with Crippen LogP contribution in [-0.4, -0.2) is 22.6 Å². The molecule has 102 valence electrons. The summed E-state index contributed by atoms with van der Waals surface area (Å²) in [4.78, 5) is 11.6. The van der Waals surface area contributed by atoms with Crippen LogP contribution in [-0.2, 0) is 10.2 Å². The van der Waals surface area contributed by atoms with Gasteiger partial charge in [0.15, 0.2) is 0 Å². The van der Waals surface area contributed by atoms with Crippen molar-refractivity contribution in [2.45, 2.75) is 43.4 Å². The van der Waals surface area contributed by atoms with Gasteiger partial charge in [0.05, 0.1) is 5.41 Å². The fourth-order valence-electron chi connectivity index (χ4n) is 3.28. The van der Waals surface area contributed by atoms with Crippen molar-refractivity contribution in [3.63, 3.8) is 0 Å². The third-order valence-electron chi connectivity index (χ3n) is 4.75. The lowest BCUT2D eigenvalue weighted by atomic mass is 9.64. The van der Waals surface area contributed by atoms with Gasteiger partial charge in [-0.05, 0) is 54.2 Å². The quantitative estimate of drug-likeness (QED) is 0.912. The molecule has 1 aliphatic carbocycles. The smallest absolute Gasteiger partial charge is 0.314 e. The van der Waals surface area contributed by atoms with Gasteiger partial charge in [-0.15, -0.1) is 0 Å². The molecule has 0 amide bonds. The van der Waals surface area contributed by atoms with Crippen molar-refractivity contribution in [1.29, 1.82) is 0 Å². The summed E-state index contributed by atoms with van der Waals surface area (Å²) in [5, 5.41) is 9.54. The van der Waals surface area contributed by atoms with E-state index in [1.807, 2.05) is 17.8 Å². The van der Waals surface area contributed by atoms with Gasteiger partial charge in [-0.25, -0.2) is 0 Å². The van der Waals surface area contributed by atoms with Gasteiger partial charge in [-0.2, -0.15) is 11.8 Å². The van der Waals surface area contributed by atoms with Crippen molar-refractivity contribution in [2.24, 2.45) is 0 Å². The van der Waals surface area contributed by atoms with E-state index in [9.17, 15) is 9.90 Å². The lowest BCUT2D eigenvalue weighted by molar-refractivity contribution is -0.147. The largest absolute Gasteiger partial charge is 0.481 e. The van der Waals surface area contributed by atoms with E-state index >= 15 is 0 Å². The molecule has 1 N–H and O–H groups in total. The Bertz CT molecular complexity index is 473. The van der Waals surface area contributed by atoms with E-state index < -0.39 is 11.4 Å². The first-order valence-corrected chi connectivity index (χ1v) is 8.29. The molecule has 19 heavy (non-hydrogen) atoms. The van der Waals surface area contributed by atoms with Crippen molar-refractivity contribution in [2.75, 3.05) is 11.5 Å². The van der Waals surface area contributed by atoms with Crippen molar-refractivity contribution in [3.05, 3.63) is 35.4 Å². The van der Waals surface area contributed by atoms with E-state index in [1.165, 1.54) is 29.9 Å². The summed E-state index contributed by atoms with van der Waals surface area (Å²) in [7, 11) is 0. The molecule has 1 aromatic rings. The summed E-state index contributed by atoms with van der Waals surface area (Å²) in [5.41, 5.74) is 1.80. The predicted octanol–water partition coefficient (Wildman–Crippen LogP) is 3.80. The average Bonchev–Trinajstić information content (AvgIpc) is 2.38. The van der Waals surface area contributed by atoms with Gasteiger partial charge in [0.1, 0.15) is 0 Å². The number of hydrogen-bond acceptors (Lipinski definition) is 2. The lowest BCUT2D eigenvalue weighted by Gasteiger charge is -2.38. The van der Waals surface area contributed by atoms with Crippen LogP contribution < -0.4 is 0 Å². The molecule has 2 nitrogen and oxygen atoms in total. The number of aliphatic carboxylic acids is 1. The van der Waals surface area contributed by atoms with E-state index in [4.69, 9.17) is 0 Å². The molecule has 2 fully saturated rings. The Labute approximate surface area is 118 Å². The van der Waals surface area contributed by atoms with Crippen LogP contribution in [0.25, 0.3) is 0 Å². The molecule has 0 aromatic heterocycles. The molecule has 3 heteroatoms. The highest BCUT2D eigenvalue weighted by Gasteiger charge is 2.46. The van der Waals surface area contributed by atoms with Crippen LogP contribution in [0.1, 0.15) is 49.1 Å². The average molecular weight is 276 g/mol. The first kappa shape index (κ1) is 13.0. The van der Waals surface area contributed by atoms with Crippen LogP contribution in [0.4, 0.5) is 0 Å². The van der Waals surface area contributed by atoms with Gasteiger partial charge >= 0.3 is 5.97 Å². The zero-order valence-corrected chi connectivity index (χ0v) is 11.9. The number of benzene rings is 1. The second-order valence-corrected chi connectivity index (χ2v) is 6.98. The number of rotatable bonds is 3. The van der Waals surface area contributed by atoms with Crippen LogP contribution >= 0.6 is 11.8 Å². The van der Waals surface area contributed by atoms with E-state index in [0.29, 0.717) is 5.92 Å². The van der Waals surface area contributed by atoms with Crippen molar-refractivity contribution in [3.8, 4) is 0 Å². The topological polar surface area (TPSA) is 37.3 Å². The second kappa shape index (κ2) is 5.20. The van der Waals surface area contributed by atoms with Gasteiger partial charge in [0, 0.05) is 0 Å². The molecule has 0 spiro atoms. The van der Waals surface area contributed by atoms with Crippen LogP contribution in [0.3, 0.4) is 0 Å². The first-order chi connectivity index (χ1) is 9.22. The van der Waals surface area contributed by atoms with Gasteiger partial charge in [-0.3, -0.25) is 4.79 Å². The number of carboxylic acids is 1. The molecule has 1 aromatic carbocycles. The maximum atomic E-state index is 11.6. The number of carbonyl (C=O) groups is 1. The zero-order chi connectivity index (χ0) is 13.3. The Morgan fingerprint density at radius 3 is 2.58 bits per heavy atom.